The lowest BCUT2D eigenvalue weighted by Gasteiger charge is -2.27. The van der Waals surface area contributed by atoms with Crippen molar-refractivity contribution < 1.29 is 46.5 Å². The molecular formula is C24H38N6O10S. The molecule has 0 radical (unpaired) electrons. The Labute approximate surface area is 240 Å². The van der Waals surface area contributed by atoms with E-state index < -0.39 is 47.0 Å². The number of nitrogens with one attached hydrogen (secondary N) is 2. The number of esters is 1. The minimum absolute atomic E-state index is 0.0865. The van der Waals surface area contributed by atoms with Crippen molar-refractivity contribution in [3.63, 3.8) is 0 Å². The van der Waals surface area contributed by atoms with Gasteiger partial charge in [-0.2, -0.15) is 0 Å². The lowest BCUT2D eigenvalue weighted by atomic mass is 10.1. The Hall–Kier alpha value is -3.63. The molecule has 1 atom stereocenters. The van der Waals surface area contributed by atoms with Crippen LogP contribution in [0.25, 0.3) is 10.4 Å². The number of hydrogen-bond donors (Lipinski definition) is 3. The van der Waals surface area contributed by atoms with Gasteiger partial charge in [0.1, 0.15) is 5.60 Å². The number of hydrogen-bond acceptors (Lipinski definition) is 11. The minimum Gasteiger partial charge on any atom is -0.467 e. The number of anilines is 1. The van der Waals surface area contributed by atoms with Gasteiger partial charge >= 0.3 is 12.1 Å². The maximum atomic E-state index is 12.4. The molecule has 0 aromatic heterocycles. The normalized spacial score (nSPS) is 11.7. The third-order valence-electron chi connectivity index (χ3n) is 4.85. The molecule has 230 valence electrons. The number of thiol groups is 1. The van der Waals surface area contributed by atoms with E-state index in [4.69, 9.17) is 29.2 Å². The molecule has 17 heteroatoms. The lowest BCUT2D eigenvalue weighted by Crippen LogP contribution is -2.49. The summed E-state index contributed by atoms with van der Waals surface area (Å²) in [5, 5.41) is 8.39. The molecule has 0 heterocycles. The molecule has 41 heavy (non-hydrogen) atoms. The standard InChI is InChI=1S/C24H38N6O10S/c1-24(2,3)40-23(33)27-17-20(22(32)36-4)30(41(34)35)19-7-5-18(6-8-19)21(31)26-9-11-37-13-15-39-16-14-38-12-10-28-29-25/h5-8,20,41H,9-17H2,1-4H3,(H,26,31)(H,27,33). The smallest absolute Gasteiger partial charge is 0.407 e. The van der Waals surface area contributed by atoms with E-state index in [0.29, 0.717) is 33.0 Å². The van der Waals surface area contributed by atoms with Gasteiger partial charge in [-0.3, -0.25) is 9.10 Å². The van der Waals surface area contributed by atoms with Crippen LogP contribution >= 0.6 is 0 Å². The van der Waals surface area contributed by atoms with Gasteiger partial charge in [0, 0.05) is 23.6 Å². The Balaban J connectivity index is 2.55. The van der Waals surface area contributed by atoms with Crippen molar-refractivity contribution in [3.05, 3.63) is 40.3 Å². The molecule has 0 saturated heterocycles. The fraction of sp³-hybridized carbons (Fsp3) is 0.625. The Morgan fingerprint density at radius 2 is 1.56 bits per heavy atom. The topological polar surface area (TPSA) is 208 Å². The van der Waals surface area contributed by atoms with Crippen LogP contribution in [0.1, 0.15) is 31.1 Å². The summed E-state index contributed by atoms with van der Waals surface area (Å²) < 4.78 is 50.7. The monoisotopic (exact) mass is 602 g/mol. The molecule has 0 saturated carbocycles. The van der Waals surface area contributed by atoms with Gasteiger partial charge in [0.05, 0.1) is 59.0 Å². The summed E-state index contributed by atoms with van der Waals surface area (Å²) in [6, 6.07) is 4.10. The number of methoxy groups -OCH3 is 1. The van der Waals surface area contributed by atoms with E-state index in [1.54, 1.807) is 20.8 Å². The molecule has 0 spiro atoms. The lowest BCUT2D eigenvalue weighted by molar-refractivity contribution is -0.141. The highest BCUT2D eigenvalue weighted by molar-refractivity contribution is 7.74. The van der Waals surface area contributed by atoms with Crippen LogP contribution in [0.4, 0.5) is 10.5 Å². The largest absolute Gasteiger partial charge is 0.467 e. The second-order valence-electron chi connectivity index (χ2n) is 9.10. The van der Waals surface area contributed by atoms with Gasteiger partial charge in [-0.1, -0.05) is 5.11 Å². The van der Waals surface area contributed by atoms with E-state index in [0.717, 1.165) is 11.4 Å². The highest BCUT2D eigenvalue weighted by Crippen LogP contribution is 2.19. The van der Waals surface area contributed by atoms with Crippen molar-refractivity contribution in [1.82, 2.24) is 10.6 Å². The van der Waals surface area contributed by atoms with Gasteiger partial charge in [0.2, 0.25) is 10.9 Å². The van der Waals surface area contributed by atoms with Crippen LogP contribution in [0, 0.1) is 0 Å². The van der Waals surface area contributed by atoms with Crippen LogP contribution in [0.3, 0.4) is 0 Å². The van der Waals surface area contributed by atoms with Gasteiger partial charge in [-0.05, 0) is 50.6 Å². The summed E-state index contributed by atoms with van der Waals surface area (Å²) in [6.45, 7) is 7.00. The van der Waals surface area contributed by atoms with Crippen molar-refractivity contribution in [1.29, 1.82) is 0 Å². The zero-order chi connectivity index (χ0) is 30.7. The Morgan fingerprint density at radius 3 is 2.10 bits per heavy atom. The second kappa shape index (κ2) is 19.4. The molecule has 1 aromatic carbocycles. The van der Waals surface area contributed by atoms with Gasteiger partial charge in [0.15, 0.2) is 6.04 Å². The molecule has 0 fully saturated rings. The quantitative estimate of drug-likeness (QED) is 0.0514. The highest BCUT2D eigenvalue weighted by atomic mass is 32.2. The van der Waals surface area contributed by atoms with Crippen molar-refractivity contribution in [2.24, 2.45) is 5.11 Å². The van der Waals surface area contributed by atoms with Crippen LogP contribution in [-0.2, 0) is 39.4 Å². The summed E-state index contributed by atoms with van der Waals surface area (Å²) in [6.07, 6.45) is -0.832. The zero-order valence-electron chi connectivity index (χ0n) is 23.6. The average molecular weight is 603 g/mol. The van der Waals surface area contributed by atoms with Gasteiger partial charge in [0.25, 0.3) is 5.91 Å². The summed E-state index contributed by atoms with van der Waals surface area (Å²) in [5.74, 6) is -1.31. The average Bonchev–Trinajstić information content (AvgIpc) is 2.92. The molecule has 16 nitrogen and oxygen atoms in total. The fourth-order valence-electron chi connectivity index (χ4n) is 3.08. The molecule has 1 unspecified atom stereocenters. The molecular weight excluding hydrogens is 564 g/mol. The van der Waals surface area contributed by atoms with Crippen molar-refractivity contribution in [2.45, 2.75) is 32.4 Å². The molecule has 0 aliphatic heterocycles. The van der Waals surface area contributed by atoms with E-state index in [2.05, 4.69) is 20.7 Å². The van der Waals surface area contributed by atoms with E-state index in [9.17, 15) is 22.8 Å². The number of nitrogens with zero attached hydrogens (tertiary/aromatic N) is 4. The van der Waals surface area contributed by atoms with Crippen LogP contribution in [0.5, 0.6) is 0 Å². The molecule has 0 aliphatic carbocycles. The number of carbonyl (C=O) groups is 3. The Kier molecular flexibility index (Phi) is 16.8. The summed E-state index contributed by atoms with van der Waals surface area (Å²) in [7, 11) is -2.24. The van der Waals surface area contributed by atoms with Gasteiger partial charge < -0.3 is 34.3 Å². The molecule has 2 N–H and O–H groups in total. The van der Waals surface area contributed by atoms with Crippen LogP contribution < -0.4 is 14.9 Å². The van der Waals surface area contributed by atoms with Gasteiger partial charge in [-0.15, -0.1) is 0 Å². The number of alkyl carbamates (subject to hydrolysis) is 1. The maximum absolute atomic E-state index is 12.4. The molecule has 1 aromatic rings. The van der Waals surface area contributed by atoms with E-state index in [1.807, 2.05) is 0 Å². The maximum Gasteiger partial charge on any atom is 0.407 e. The summed E-state index contributed by atoms with van der Waals surface area (Å²) in [4.78, 5) is 39.5. The molecule has 2 amide bonds. The molecule has 1 rings (SSSR count). The van der Waals surface area contributed by atoms with E-state index in [1.165, 1.54) is 24.3 Å². The predicted octanol–water partition coefficient (Wildman–Crippen LogP) is 1.18. The van der Waals surface area contributed by atoms with Gasteiger partial charge in [-0.25, -0.2) is 18.0 Å². The number of amides is 2. The minimum atomic E-state index is -3.33. The zero-order valence-corrected chi connectivity index (χ0v) is 24.5. The number of carbonyl (C=O) groups excluding carboxylic acids is 3. The fourth-order valence-corrected chi connectivity index (χ4v) is 3.81. The van der Waals surface area contributed by atoms with Crippen molar-refractivity contribution >= 4 is 34.5 Å². The van der Waals surface area contributed by atoms with E-state index >= 15 is 0 Å². The second-order valence-corrected chi connectivity index (χ2v) is 10.0. The Bertz CT molecular complexity index is 1080. The van der Waals surface area contributed by atoms with Crippen LogP contribution in [-0.4, -0.2) is 104 Å². The van der Waals surface area contributed by atoms with Crippen LogP contribution in [0.15, 0.2) is 29.4 Å². The molecule has 0 bridgehead atoms. The first-order valence-electron chi connectivity index (χ1n) is 12.6. The predicted molar refractivity (Wildman–Crippen MR) is 148 cm³/mol. The third kappa shape index (κ3) is 15.1. The van der Waals surface area contributed by atoms with Crippen LogP contribution in [0.2, 0.25) is 0 Å². The highest BCUT2D eigenvalue weighted by Gasteiger charge is 2.31. The molecule has 0 aliphatic rings. The summed E-state index contributed by atoms with van der Waals surface area (Å²) in [5.41, 5.74) is 7.69. The first kappa shape index (κ1) is 35.4. The summed E-state index contributed by atoms with van der Waals surface area (Å²) >= 11 is 0. The Morgan fingerprint density at radius 1 is 0.976 bits per heavy atom. The number of benzene rings is 1. The SMILES string of the molecule is COC(=O)C(CNC(=O)OC(C)(C)C)N(c1ccc(C(=O)NCCOCCOCCOCCN=[N+]=[N-])cc1)[SH](=O)=O. The first-order valence-corrected chi connectivity index (χ1v) is 13.7. The number of ether oxygens (including phenoxy) is 5. The first-order chi connectivity index (χ1) is 19.5. The number of azide groups is 1. The van der Waals surface area contributed by atoms with E-state index in [-0.39, 0.29) is 30.9 Å². The third-order valence-corrected chi connectivity index (χ3v) is 5.71. The number of rotatable bonds is 19. The van der Waals surface area contributed by atoms with Crippen molar-refractivity contribution in [2.75, 3.05) is 70.7 Å². The van der Waals surface area contributed by atoms with Crippen molar-refractivity contribution in [3.8, 4) is 0 Å².